The lowest BCUT2D eigenvalue weighted by atomic mass is 9.89. The van der Waals surface area contributed by atoms with Crippen LogP contribution in [0.15, 0.2) is 49.2 Å². The minimum Gasteiger partial charge on any atom is -0.330 e. The molecule has 1 unspecified atom stereocenters. The van der Waals surface area contributed by atoms with Gasteiger partial charge in [0.25, 0.3) is 0 Å². The van der Waals surface area contributed by atoms with Crippen molar-refractivity contribution in [2.75, 3.05) is 179 Å². The maximum Gasteiger partial charge on any atom is 0.238 e. The lowest BCUT2D eigenvalue weighted by molar-refractivity contribution is 0.181. The van der Waals surface area contributed by atoms with Crippen molar-refractivity contribution in [3.8, 4) is 0 Å². The molecule has 0 aliphatic carbocycles. The highest BCUT2D eigenvalue weighted by Crippen LogP contribution is 2.14. The molecule has 0 aromatic carbocycles. The van der Waals surface area contributed by atoms with Crippen LogP contribution in [0.3, 0.4) is 0 Å². The van der Waals surface area contributed by atoms with Gasteiger partial charge in [-0.25, -0.2) is 14.0 Å². The second-order valence-corrected chi connectivity index (χ2v) is 24.9. The van der Waals surface area contributed by atoms with Crippen LogP contribution in [0.25, 0.3) is 0 Å². The summed E-state index contributed by atoms with van der Waals surface area (Å²) in [6.45, 7) is 57.3. The SMILES string of the molecule is CC(C)CN(C)CCN.CC(C)N(C)CCN.CC(C)NCCN.CCN(CC)C(C)CN.CCN(CC)CCN.CN(CCN)C(C)(C)C.CN(CCN)CC(C)(C)C.NCC(CN)(CN)CN.NCc1ccn(C(n2cccn2)n2cccn2)n1. The average Bonchev–Trinajstić information content (AvgIpc) is 3.44. The molecule has 0 saturated carbocycles. The van der Waals surface area contributed by atoms with E-state index in [0.29, 0.717) is 56.3 Å². The maximum absolute atomic E-state index is 5.58. The number of aromatic nitrogens is 6. The number of nitrogens with two attached hydrogens (primary N) is 12. The first kappa shape index (κ1) is 95.0. The van der Waals surface area contributed by atoms with Crippen LogP contribution in [-0.4, -0.2) is 261 Å². The molecular formula is C62H149N25. The largest absolute Gasteiger partial charge is 0.330 e. The fourth-order valence-electron chi connectivity index (χ4n) is 7.44. The van der Waals surface area contributed by atoms with Gasteiger partial charge in [0.2, 0.25) is 6.29 Å². The van der Waals surface area contributed by atoms with Gasteiger partial charge in [-0.05, 0) is 125 Å². The van der Waals surface area contributed by atoms with Gasteiger partial charge in [0.1, 0.15) is 0 Å². The van der Waals surface area contributed by atoms with Crippen LogP contribution in [0.1, 0.15) is 130 Å². The zero-order chi connectivity index (χ0) is 68.6. The predicted molar refractivity (Wildman–Crippen MR) is 379 cm³/mol. The summed E-state index contributed by atoms with van der Waals surface area (Å²) in [5, 5.41) is 16.1. The second-order valence-electron chi connectivity index (χ2n) is 24.9. The van der Waals surface area contributed by atoms with Gasteiger partial charge >= 0.3 is 0 Å². The fraction of sp³-hybridized carbons (Fsp3) is 0.855. The summed E-state index contributed by atoms with van der Waals surface area (Å²) >= 11 is 0. The van der Waals surface area contributed by atoms with Gasteiger partial charge in [-0.2, -0.15) is 15.3 Å². The molecule has 522 valence electrons. The molecule has 0 aliphatic heterocycles. The summed E-state index contributed by atoms with van der Waals surface area (Å²) in [4.78, 5) is 13.6. The monoisotopic (exact) mass is 1240 g/mol. The Morgan fingerprint density at radius 3 is 1.21 bits per heavy atom. The minimum atomic E-state index is -0.254. The third-order valence-electron chi connectivity index (χ3n) is 13.6. The number of hydrogen-bond acceptors (Lipinski definition) is 22. The summed E-state index contributed by atoms with van der Waals surface area (Å²) in [5.41, 5.74) is 66.0. The van der Waals surface area contributed by atoms with Gasteiger partial charge in [-0.3, -0.25) is 4.90 Å². The van der Waals surface area contributed by atoms with Crippen LogP contribution in [0.4, 0.5) is 0 Å². The molecule has 25 nitrogen and oxygen atoms in total. The van der Waals surface area contributed by atoms with Gasteiger partial charge in [0, 0.05) is 191 Å². The summed E-state index contributed by atoms with van der Waals surface area (Å²) in [6.07, 6.45) is 8.81. The average molecular weight is 1250 g/mol. The fourth-order valence-corrected chi connectivity index (χ4v) is 7.44. The third-order valence-corrected chi connectivity index (χ3v) is 13.6. The molecule has 0 spiro atoms. The molecule has 0 saturated heterocycles. The summed E-state index contributed by atoms with van der Waals surface area (Å²) in [7, 11) is 8.38. The molecule has 3 aromatic rings. The van der Waals surface area contributed by atoms with E-state index in [-0.39, 0.29) is 17.2 Å². The van der Waals surface area contributed by atoms with E-state index in [9.17, 15) is 0 Å². The van der Waals surface area contributed by atoms with Gasteiger partial charge in [-0.15, -0.1) is 0 Å². The van der Waals surface area contributed by atoms with Crippen molar-refractivity contribution in [3.05, 3.63) is 54.9 Å². The predicted octanol–water partition coefficient (Wildman–Crippen LogP) is 1.42. The molecule has 25 heteroatoms. The number of nitrogens with one attached hydrogen (secondary N) is 1. The Labute approximate surface area is 535 Å². The van der Waals surface area contributed by atoms with Gasteiger partial charge in [0.05, 0.1) is 5.69 Å². The van der Waals surface area contributed by atoms with E-state index in [2.05, 4.69) is 196 Å². The van der Waals surface area contributed by atoms with E-state index in [1.165, 1.54) is 0 Å². The van der Waals surface area contributed by atoms with Gasteiger partial charge < -0.3 is 98.6 Å². The first-order chi connectivity index (χ1) is 40.8. The molecule has 0 fully saturated rings. The van der Waals surface area contributed by atoms with Crippen molar-refractivity contribution in [2.45, 2.75) is 154 Å². The van der Waals surface area contributed by atoms with Crippen LogP contribution >= 0.6 is 0 Å². The Kier molecular flexibility index (Phi) is 66.0. The van der Waals surface area contributed by atoms with E-state index >= 15 is 0 Å². The molecule has 0 aliphatic rings. The molecule has 25 N–H and O–H groups in total. The molecule has 3 aromatic heterocycles. The van der Waals surface area contributed by atoms with Crippen LogP contribution in [0.2, 0.25) is 0 Å². The Bertz CT molecular complexity index is 1700. The van der Waals surface area contributed by atoms with Crippen molar-refractivity contribution in [2.24, 2.45) is 85.6 Å². The zero-order valence-corrected chi connectivity index (χ0v) is 60.3. The first-order valence-electron chi connectivity index (χ1n) is 32.2. The summed E-state index contributed by atoms with van der Waals surface area (Å²) < 4.78 is 5.34. The number of hydrogen-bond donors (Lipinski definition) is 13. The highest BCUT2D eigenvalue weighted by molar-refractivity contribution is 4.99. The Morgan fingerprint density at radius 1 is 0.540 bits per heavy atom. The normalized spacial score (nSPS) is 11.8. The molecule has 0 bridgehead atoms. The van der Waals surface area contributed by atoms with E-state index < -0.39 is 0 Å². The van der Waals surface area contributed by atoms with Crippen molar-refractivity contribution >= 4 is 0 Å². The summed E-state index contributed by atoms with van der Waals surface area (Å²) in [6, 6.07) is 7.36. The number of likely N-dealkylation sites (N-methyl/N-ethyl adjacent to an activating group) is 6. The second kappa shape index (κ2) is 60.4. The quantitative estimate of drug-likeness (QED) is 0.0433. The molecular weight excluding hydrogens is 1090 g/mol. The summed E-state index contributed by atoms with van der Waals surface area (Å²) in [5.74, 6) is 0.751. The zero-order valence-electron chi connectivity index (χ0n) is 60.3. The van der Waals surface area contributed by atoms with Crippen LogP contribution in [0.5, 0.6) is 0 Å². The van der Waals surface area contributed by atoms with Crippen LogP contribution in [-0.2, 0) is 6.54 Å². The van der Waals surface area contributed by atoms with Crippen molar-refractivity contribution in [1.29, 1.82) is 0 Å². The molecule has 0 amide bonds. The van der Waals surface area contributed by atoms with Gasteiger partial charge in [0.15, 0.2) is 0 Å². The third kappa shape index (κ3) is 56.6. The van der Waals surface area contributed by atoms with E-state index in [1.54, 1.807) is 26.4 Å². The Morgan fingerprint density at radius 2 is 0.989 bits per heavy atom. The highest BCUT2D eigenvalue weighted by Gasteiger charge is 2.23. The van der Waals surface area contributed by atoms with Gasteiger partial charge in [-0.1, -0.05) is 76.2 Å². The van der Waals surface area contributed by atoms with Crippen LogP contribution in [0, 0.1) is 16.7 Å². The van der Waals surface area contributed by atoms with Crippen LogP contribution < -0.4 is 74.1 Å². The minimum absolute atomic E-state index is 0.222. The van der Waals surface area contributed by atoms with E-state index in [0.717, 1.165) is 136 Å². The lowest BCUT2D eigenvalue weighted by Crippen LogP contribution is -2.49. The first-order valence-corrected chi connectivity index (χ1v) is 32.2. The maximum atomic E-state index is 5.58. The molecule has 3 rings (SSSR count). The van der Waals surface area contributed by atoms with E-state index in [1.807, 2.05) is 36.8 Å². The topological polar surface area (TPSA) is 397 Å². The molecule has 0 radical (unpaired) electrons. The number of rotatable bonds is 31. The molecule has 87 heavy (non-hydrogen) atoms. The van der Waals surface area contributed by atoms with Crippen molar-refractivity contribution in [3.63, 3.8) is 0 Å². The smallest absolute Gasteiger partial charge is 0.238 e. The lowest BCUT2D eigenvalue weighted by Gasteiger charge is -2.31. The van der Waals surface area contributed by atoms with Crippen molar-refractivity contribution in [1.82, 2.24) is 64.1 Å². The standard InChI is InChI=1S/C11H13N7.C8H20N2.3C7H18N2.2C6H16N2.C5H16N4.C5H14N2/c12-9-10-3-8-18(15-10)11(16-6-1-4-13-16)17-7-2-5-14-17;1-8(2,3)7-10(4)6-5-9;1-7(2,3)9(4)6-5-8;1-7(2)6-9(3)5-4-8;1-4-9(5-2)7(3)6-8;1-6(2)8(3)5-4-7;1-3-8(4-2)6-5-7;6-1-5(2-7,3-8)4-9;1-5(2)7-4-3-6/h1-8,11H,9,12H2;5-7,9H2,1-4H3;5-6,8H2,1-4H3;2*7H,4-6,8H2,1-3H3;6H,4-5,7H2,1-3H3;3-7H2,1-2H3;1-4,6-9H2;5,7H,3-4,6H2,1-2H3. The highest BCUT2D eigenvalue weighted by atomic mass is 15.6. The van der Waals surface area contributed by atoms with E-state index in [4.69, 9.17) is 68.8 Å². The molecule has 3 heterocycles. The van der Waals surface area contributed by atoms with Crippen molar-refractivity contribution < 1.29 is 0 Å². The number of nitrogens with zero attached hydrogens (tertiary/aromatic N) is 12. The Balaban J connectivity index is -0.000000217. The molecule has 1 atom stereocenters. The Hall–Kier alpha value is -3.13.